The maximum absolute atomic E-state index is 11.4. The van der Waals surface area contributed by atoms with Gasteiger partial charge in [0.1, 0.15) is 0 Å². The molecule has 0 saturated carbocycles. The molecule has 0 bridgehead atoms. The summed E-state index contributed by atoms with van der Waals surface area (Å²) in [7, 11) is 0. The van der Waals surface area contributed by atoms with E-state index in [4.69, 9.17) is 0 Å². The van der Waals surface area contributed by atoms with E-state index in [1.807, 2.05) is 31.2 Å². The van der Waals surface area contributed by atoms with Crippen molar-refractivity contribution >= 4 is 28.4 Å². The molecule has 12 heavy (non-hydrogen) atoms. The summed E-state index contributed by atoms with van der Waals surface area (Å²) in [5.74, 6) is 0.240. The number of benzene rings is 1. The zero-order valence-electron chi connectivity index (χ0n) is 7.01. The molecule has 0 spiro atoms. The van der Waals surface area contributed by atoms with Crippen LogP contribution in [-0.4, -0.2) is 10.2 Å². The highest BCUT2D eigenvalue weighted by Gasteiger charge is 2.02. The van der Waals surface area contributed by atoms with E-state index < -0.39 is 0 Å². The molecule has 2 heteroatoms. The predicted octanol–water partition coefficient (Wildman–Crippen LogP) is 3.00. The zero-order chi connectivity index (χ0) is 8.97. The molecule has 0 heterocycles. The van der Waals surface area contributed by atoms with E-state index in [9.17, 15) is 4.79 Å². The predicted molar refractivity (Wildman–Crippen MR) is 59.0 cm³/mol. The fraction of sp³-hybridized carbons (Fsp3) is 0.300. The molecule has 0 saturated heterocycles. The van der Waals surface area contributed by atoms with Crippen LogP contribution in [0.15, 0.2) is 24.3 Å². The Labute approximate surface area is 86.3 Å². The number of halogens is 1. The molecule has 0 aliphatic heterocycles. The van der Waals surface area contributed by atoms with E-state index in [0.29, 0.717) is 6.42 Å². The Kier molecular flexibility index (Phi) is 3.72. The number of carbonyl (C=O) groups is 1. The van der Waals surface area contributed by atoms with Crippen LogP contribution in [0.1, 0.15) is 22.3 Å². The van der Waals surface area contributed by atoms with Gasteiger partial charge in [0.05, 0.1) is 0 Å². The quantitative estimate of drug-likeness (QED) is 0.470. The number of rotatable bonds is 3. The van der Waals surface area contributed by atoms with Gasteiger partial charge in [-0.25, -0.2) is 0 Å². The van der Waals surface area contributed by atoms with Crippen LogP contribution in [0.4, 0.5) is 0 Å². The summed E-state index contributed by atoms with van der Waals surface area (Å²) in [6.07, 6.45) is 0.642. The van der Waals surface area contributed by atoms with Gasteiger partial charge in [-0.05, 0) is 6.92 Å². The second kappa shape index (κ2) is 4.60. The largest absolute Gasteiger partial charge is 0.294 e. The Hall–Kier alpha value is -0.380. The Bertz CT molecular complexity index is 264. The van der Waals surface area contributed by atoms with Crippen molar-refractivity contribution in [3.05, 3.63) is 35.4 Å². The molecule has 0 fully saturated rings. The van der Waals surface area contributed by atoms with Gasteiger partial charge in [-0.15, -0.1) is 0 Å². The third kappa shape index (κ3) is 2.59. The zero-order valence-corrected chi connectivity index (χ0v) is 9.17. The van der Waals surface area contributed by atoms with Crippen LogP contribution in [0.2, 0.25) is 0 Å². The summed E-state index contributed by atoms with van der Waals surface area (Å²) in [4.78, 5) is 11.4. The van der Waals surface area contributed by atoms with Gasteiger partial charge in [-0.1, -0.05) is 52.4 Å². The van der Waals surface area contributed by atoms with Crippen LogP contribution < -0.4 is 0 Å². The van der Waals surface area contributed by atoms with Crippen molar-refractivity contribution in [3.63, 3.8) is 0 Å². The van der Waals surface area contributed by atoms with Crippen molar-refractivity contribution in [3.8, 4) is 0 Å². The van der Waals surface area contributed by atoms with Crippen LogP contribution in [0.3, 0.4) is 0 Å². The van der Waals surface area contributed by atoms with Crippen molar-refractivity contribution in [2.24, 2.45) is 0 Å². The maximum Gasteiger partial charge on any atom is 0.163 e. The second-order valence-corrected chi connectivity index (χ2v) is 3.81. The SMILES string of the molecule is Cc1ccc(C(=O)CCI)cc1. The van der Waals surface area contributed by atoms with E-state index >= 15 is 0 Å². The monoisotopic (exact) mass is 274 g/mol. The molecular formula is C10H11IO. The maximum atomic E-state index is 11.4. The van der Waals surface area contributed by atoms with Gasteiger partial charge in [-0.2, -0.15) is 0 Å². The highest BCUT2D eigenvalue weighted by molar-refractivity contribution is 14.1. The van der Waals surface area contributed by atoms with Gasteiger partial charge in [0.2, 0.25) is 0 Å². The Balaban J connectivity index is 2.75. The fourth-order valence-corrected chi connectivity index (χ4v) is 1.46. The molecule has 0 radical (unpaired) electrons. The third-order valence-electron chi connectivity index (χ3n) is 1.70. The van der Waals surface area contributed by atoms with Gasteiger partial charge in [-0.3, -0.25) is 4.79 Å². The van der Waals surface area contributed by atoms with Crippen LogP contribution in [0, 0.1) is 6.92 Å². The molecule has 1 nitrogen and oxygen atoms in total. The van der Waals surface area contributed by atoms with Crippen molar-refractivity contribution in [1.29, 1.82) is 0 Å². The Morgan fingerprint density at radius 3 is 2.42 bits per heavy atom. The van der Waals surface area contributed by atoms with Crippen molar-refractivity contribution in [1.82, 2.24) is 0 Å². The highest BCUT2D eigenvalue weighted by atomic mass is 127. The van der Waals surface area contributed by atoms with Crippen molar-refractivity contribution < 1.29 is 4.79 Å². The van der Waals surface area contributed by atoms with E-state index in [1.165, 1.54) is 5.56 Å². The minimum absolute atomic E-state index is 0.240. The van der Waals surface area contributed by atoms with Gasteiger partial charge >= 0.3 is 0 Å². The molecule has 0 amide bonds. The van der Waals surface area contributed by atoms with E-state index in [0.717, 1.165) is 9.99 Å². The summed E-state index contributed by atoms with van der Waals surface area (Å²) in [5, 5.41) is 0. The van der Waals surface area contributed by atoms with Crippen LogP contribution in [-0.2, 0) is 0 Å². The average Bonchev–Trinajstić information content (AvgIpc) is 2.06. The van der Waals surface area contributed by atoms with Crippen molar-refractivity contribution in [2.75, 3.05) is 4.43 Å². The topological polar surface area (TPSA) is 17.1 Å². The number of carbonyl (C=O) groups excluding carboxylic acids is 1. The summed E-state index contributed by atoms with van der Waals surface area (Å²) in [5.41, 5.74) is 2.03. The summed E-state index contributed by atoms with van der Waals surface area (Å²) in [6.45, 7) is 2.02. The smallest absolute Gasteiger partial charge is 0.163 e. The number of aryl methyl sites for hydroxylation is 1. The number of Topliss-reactive ketones (excluding diaryl/α,β-unsaturated/α-hetero) is 1. The molecule has 0 unspecified atom stereocenters. The Morgan fingerprint density at radius 1 is 1.33 bits per heavy atom. The van der Waals surface area contributed by atoms with E-state index in [1.54, 1.807) is 0 Å². The standard InChI is InChI=1S/C10H11IO/c1-8-2-4-9(5-3-8)10(12)6-7-11/h2-5H,6-7H2,1H3. The molecular weight excluding hydrogens is 263 g/mol. The van der Waals surface area contributed by atoms with Crippen LogP contribution in [0.5, 0.6) is 0 Å². The highest BCUT2D eigenvalue weighted by Crippen LogP contribution is 2.06. The molecule has 1 aromatic carbocycles. The molecule has 0 N–H and O–H groups in total. The lowest BCUT2D eigenvalue weighted by molar-refractivity contribution is 0.0990. The lowest BCUT2D eigenvalue weighted by Crippen LogP contribution is -1.98. The average molecular weight is 274 g/mol. The third-order valence-corrected chi connectivity index (χ3v) is 2.23. The summed E-state index contributed by atoms with van der Waals surface area (Å²) < 4.78 is 0.893. The van der Waals surface area contributed by atoms with E-state index in [-0.39, 0.29) is 5.78 Å². The number of hydrogen-bond acceptors (Lipinski definition) is 1. The number of hydrogen-bond donors (Lipinski definition) is 0. The Morgan fingerprint density at radius 2 is 1.92 bits per heavy atom. The van der Waals surface area contributed by atoms with Crippen LogP contribution >= 0.6 is 22.6 Å². The normalized spacial score (nSPS) is 9.83. The van der Waals surface area contributed by atoms with Gasteiger partial charge in [0.15, 0.2) is 5.78 Å². The summed E-state index contributed by atoms with van der Waals surface area (Å²) in [6, 6.07) is 7.73. The molecule has 0 atom stereocenters. The minimum Gasteiger partial charge on any atom is -0.294 e. The molecule has 1 aromatic rings. The fourth-order valence-electron chi connectivity index (χ4n) is 0.970. The summed E-state index contributed by atoms with van der Waals surface area (Å²) >= 11 is 2.22. The lowest BCUT2D eigenvalue weighted by Gasteiger charge is -1.98. The van der Waals surface area contributed by atoms with Gasteiger partial charge < -0.3 is 0 Å². The molecule has 0 aliphatic rings. The molecule has 1 rings (SSSR count). The first-order chi connectivity index (χ1) is 5.74. The number of alkyl halides is 1. The molecule has 0 aliphatic carbocycles. The second-order valence-electron chi connectivity index (χ2n) is 2.73. The lowest BCUT2D eigenvalue weighted by atomic mass is 10.1. The van der Waals surface area contributed by atoms with Gasteiger partial charge in [0, 0.05) is 16.4 Å². The number of ketones is 1. The molecule has 0 aromatic heterocycles. The first-order valence-electron chi connectivity index (χ1n) is 3.90. The van der Waals surface area contributed by atoms with Gasteiger partial charge in [0.25, 0.3) is 0 Å². The van der Waals surface area contributed by atoms with E-state index in [2.05, 4.69) is 22.6 Å². The first kappa shape index (κ1) is 9.71. The van der Waals surface area contributed by atoms with Crippen molar-refractivity contribution in [2.45, 2.75) is 13.3 Å². The first-order valence-corrected chi connectivity index (χ1v) is 5.42. The molecule has 64 valence electrons. The minimum atomic E-state index is 0.240. The van der Waals surface area contributed by atoms with Crippen LogP contribution in [0.25, 0.3) is 0 Å².